The lowest BCUT2D eigenvalue weighted by molar-refractivity contribution is 0.0701. The Morgan fingerprint density at radius 3 is 2.17 bits per heavy atom. The number of ether oxygens (including phenoxy) is 1. The lowest BCUT2D eigenvalue weighted by Gasteiger charge is -2.26. The molecule has 1 amide bonds. The highest BCUT2D eigenvalue weighted by atomic mass is 32.2. The van der Waals surface area contributed by atoms with E-state index in [0.29, 0.717) is 41.2 Å². The fraction of sp³-hybridized carbons (Fsp3) is 0.296. The predicted octanol–water partition coefficient (Wildman–Crippen LogP) is 3.97. The Morgan fingerprint density at radius 2 is 1.64 bits per heavy atom. The summed E-state index contributed by atoms with van der Waals surface area (Å²) >= 11 is 0. The van der Waals surface area contributed by atoms with E-state index in [-0.39, 0.29) is 28.3 Å². The number of anilines is 1. The second-order valence-electron chi connectivity index (χ2n) is 8.44. The number of hydrogen-bond acceptors (Lipinski definition) is 7. The molecule has 0 heterocycles. The Hall–Kier alpha value is -3.40. The monoisotopic (exact) mass is 511 g/mol. The van der Waals surface area contributed by atoms with Gasteiger partial charge in [-0.05, 0) is 67.4 Å². The van der Waals surface area contributed by atoms with Crippen LogP contribution in [0.3, 0.4) is 0 Å². The fourth-order valence-electron chi connectivity index (χ4n) is 4.30. The number of hydroxylamine groups is 1. The van der Waals surface area contributed by atoms with Crippen molar-refractivity contribution in [2.45, 2.75) is 43.5 Å². The van der Waals surface area contributed by atoms with Crippen LogP contribution in [0, 0.1) is 6.92 Å². The maximum Gasteiger partial charge on any atom is 0.276 e. The van der Waals surface area contributed by atoms with Gasteiger partial charge in [-0.15, -0.1) is 0 Å². The largest absolute Gasteiger partial charge is 0.497 e. The number of hydrogen-bond donors (Lipinski definition) is 3. The van der Waals surface area contributed by atoms with Gasteiger partial charge in [0.15, 0.2) is 0 Å². The zero-order chi connectivity index (χ0) is 26.5. The number of rotatable bonds is 10. The molecule has 0 radical (unpaired) electrons. The summed E-state index contributed by atoms with van der Waals surface area (Å²) in [6.45, 7) is 7.25. The van der Waals surface area contributed by atoms with Gasteiger partial charge in [0.05, 0.1) is 22.5 Å². The van der Waals surface area contributed by atoms with Gasteiger partial charge in [-0.2, -0.15) is 0 Å². The zero-order valence-electron chi connectivity index (χ0n) is 21.0. The molecule has 4 N–H and O–H groups in total. The van der Waals surface area contributed by atoms with E-state index in [9.17, 15) is 18.4 Å². The number of methoxy groups -OCH3 is 1. The molecule has 3 aromatic rings. The Kier molecular flexibility index (Phi) is 8.73. The van der Waals surface area contributed by atoms with Gasteiger partial charge in [-0.1, -0.05) is 44.2 Å². The van der Waals surface area contributed by atoms with Crippen LogP contribution in [0.25, 0.3) is 0 Å². The average molecular weight is 512 g/mol. The Labute approximate surface area is 212 Å². The number of carbonyl (C=O) groups is 1. The quantitative estimate of drug-likeness (QED) is 0.214. The van der Waals surface area contributed by atoms with Gasteiger partial charge in [0, 0.05) is 17.8 Å². The molecule has 0 aliphatic carbocycles. The third-order valence-electron chi connectivity index (χ3n) is 6.45. The Balaban J connectivity index is 2.42. The molecule has 0 spiro atoms. The molecule has 0 atom stereocenters. The van der Waals surface area contributed by atoms with Crippen molar-refractivity contribution >= 4 is 21.4 Å². The molecule has 0 aromatic heterocycles. The third-order valence-corrected chi connectivity index (χ3v) is 8.33. The van der Waals surface area contributed by atoms with Crippen LogP contribution in [0.5, 0.6) is 5.75 Å². The summed E-state index contributed by atoms with van der Waals surface area (Å²) in [5, 5.41) is 9.68. The summed E-state index contributed by atoms with van der Waals surface area (Å²) in [6.07, 6.45) is 0.260. The van der Waals surface area contributed by atoms with Crippen LogP contribution in [-0.2, 0) is 22.8 Å². The molecule has 0 aliphatic heterocycles. The van der Waals surface area contributed by atoms with E-state index in [4.69, 9.17) is 10.5 Å². The van der Waals surface area contributed by atoms with Gasteiger partial charge in [-0.25, -0.2) is 13.9 Å². The summed E-state index contributed by atoms with van der Waals surface area (Å²) < 4.78 is 33.5. The highest BCUT2D eigenvalue weighted by molar-refractivity contribution is 7.91. The number of nitrogens with zero attached hydrogens (tertiary/aromatic N) is 1. The van der Waals surface area contributed by atoms with Gasteiger partial charge >= 0.3 is 0 Å². The second kappa shape index (κ2) is 11.6. The van der Waals surface area contributed by atoms with Crippen molar-refractivity contribution in [3.8, 4) is 5.75 Å². The minimum Gasteiger partial charge on any atom is -0.497 e. The number of nitrogens with one attached hydrogen (secondary N) is 1. The standard InChI is InChI=1S/C27H33N3O5S/c1-5-30(6-2)17-23-25(28)18(3)22(16-19-10-8-7-9-11-19)24(27(31)29-32)26(23)36(33,34)21-14-12-20(35-4)13-15-21/h7-15,32H,5-6,16-17,28H2,1-4H3,(H,29,31). The molecule has 0 fully saturated rings. The molecule has 0 bridgehead atoms. The van der Waals surface area contributed by atoms with E-state index in [0.717, 1.165) is 5.56 Å². The summed E-state index contributed by atoms with van der Waals surface area (Å²) in [7, 11) is -2.74. The first-order valence-corrected chi connectivity index (χ1v) is 13.2. The predicted molar refractivity (Wildman–Crippen MR) is 139 cm³/mol. The molecular formula is C27H33N3O5S. The minimum absolute atomic E-state index is 0.00926. The summed E-state index contributed by atoms with van der Waals surface area (Å²) in [4.78, 5) is 15.0. The first kappa shape index (κ1) is 27.2. The molecular weight excluding hydrogens is 478 g/mol. The van der Waals surface area contributed by atoms with Crippen molar-refractivity contribution in [3.05, 3.63) is 82.4 Å². The fourth-order valence-corrected chi connectivity index (χ4v) is 6.01. The van der Waals surface area contributed by atoms with Crippen LogP contribution in [0.15, 0.2) is 64.4 Å². The molecule has 9 heteroatoms. The minimum atomic E-state index is -4.23. The van der Waals surface area contributed by atoms with Gasteiger partial charge < -0.3 is 10.5 Å². The molecule has 3 aromatic carbocycles. The molecule has 192 valence electrons. The van der Waals surface area contributed by atoms with Crippen LogP contribution in [-0.4, -0.2) is 44.6 Å². The van der Waals surface area contributed by atoms with Crippen LogP contribution < -0.4 is 16.0 Å². The van der Waals surface area contributed by atoms with E-state index in [1.807, 2.05) is 49.1 Å². The normalized spacial score (nSPS) is 11.5. The van der Waals surface area contributed by atoms with Crippen LogP contribution in [0.4, 0.5) is 5.69 Å². The van der Waals surface area contributed by atoms with Gasteiger partial charge in [-0.3, -0.25) is 14.9 Å². The van der Waals surface area contributed by atoms with Gasteiger partial charge in [0.2, 0.25) is 9.84 Å². The number of nitrogens with two attached hydrogens (primary N) is 1. The first-order chi connectivity index (χ1) is 17.2. The average Bonchev–Trinajstić information content (AvgIpc) is 2.90. The van der Waals surface area contributed by atoms with Crippen LogP contribution >= 0.6 is 0 Å². The van der Waals surface area contributed by atoms with Crippen molar-refractivity contribution in [1.82, 2.24) is 10.4 Å². The van der Waals surface area contributed by atoms with E-state index >= 15 is 0 Å². The van der Waals surface area contributed by atoms with Crippen molar-refractivity contribution in [2.24, 2.45) is 0 Å². The molecule has 8 nitrogen and oxygen atoms in total. The van der Waals surface area contributed by atoms with Crippen molar-refractivity contribution < 1.29 is 23.2 Å². The van der Waals surface area contributed by atoms with E-state index in [2.05, 4.69) is 0 Å². The smallest absolute Gasteiger partial charge is 0.276 e. The molecule has 0 unspecified atom stereocenters. The summed E-state index contributed by atoms with van der Waals surface area (Å²) in [6, 6.07) is 15.3. The molecule has 3 rings (SSSR count). The maximum absolute atomic E-state index is 14.1. The molecule has 36 heavy (non-hydrogen) atoms. The highest BCUT2D eigenvalue weighted by Crippen LogP contribution is 2.38. The SMILES string of the molecule is CCN(CC)Cc1c(N)c(C)c(Cc2ccccc2)c(C(=O)NO)c1S(=O)(=O)c1ccc(OC)cc1. The van der Waals surface area contributed by atoms with E-state index in [1.54, 1.807) is 24.5 Å². The molecule has 0 aliphatic rings. The number of sulfone groups is 1. The number of amides is 1. The lowest BCUT2D eigenvalue weighted by Crippen LogP contribution is -2.29. The van der Waals surface area contributed by atoms with E-state index in [1.165, 1.54) is 19.2 Å². The van der Waals surface area contributed by atoms with Crippen molar-refractivity contribution in [1.29, 1.82) is 0 Å². The molecule has 0 saturated carbocycles. The zero-order valence-corrected chi connectivity index (χ0v) is 21.9. The number of carbonyl (C=O) groups excluding carboxylic acids is 1. The van der Waals surface area contributed by atoms with Gasteiger partial charge in [0.25, 0.3) is 5.91 Å². The first-order valence-electron chi connectivity index (χ1n) is 11.7. The summed E-state index contributed by atoms with van der Waals surface area (Å²) in [5.74, 6) is -0.407. The Morgan fingerprint density at radius 1 is 1.03 bits per heavy atom. The second-order valence-corrected chi connectivity index (χ2v) is 10.3. The van der Waals surface area contributed by atoms with Crippen molar-refractivity contribution in [3.63, 3.8) is 0 Å². The van der Waals surface area contributed by atoms with Crippen LogP contribution in [0.1, 0.15) is 46.5 Å². The highest BCUT2D eigenvalue weighted by Gasteiger charge is 2.34. The number of benzene rings is 3. The van der Waals surface area contributed by atoms with Crippen LogP contribution in [0.2, 0.25) is 0 Å². The Bertz CT molecular complexity index is 1320. The maximum atomic E-state index is 14.1. The van der Waals surface area contributed by atoms with Crippen molar-refractivity contribution in [2.75, 3.05) is 25.9 Å². The number of nitrogen functional groups attached to an aromatic ring is 1. The third kappa shape index (κ3) is 5.38. The topological polar surface area (TPSA) is 122 Å². The molecule has 0 saturated heterocycles. The summed E-state index contributed by atoms with van der Waals surface area (Å²) in [5.41, 5.74) is 10.8. The van der Waals surface area contributed by atoms with Gasteiger partial charge in [0.1, 0.15) is 5.75 Å². The lowest BCUT2D eigenvalue weighted by atomic mass is 9.90. The van der Waals surface area contributed by atoms with E-state index < -0.39 is 15.7 Å².